The summed E-state index contributed by atoms with van der Waals surface area (Å²) in [5.74, 6) is 0.276. The van der Waals surface area contributed by atoms with Crippen molar-refractivity contribution < 1.29 is 14.3 Å². The number of benzene rings is 3. The molecule has 2 amide bonds. The van der Waals surface area contributed by atoms with Gasteiger partial charge in [-0.25, -0.2) is 0 Å². The molecule has 1 aromatic heterocycles. The minimum absolute atomic E-state index is 0.188. The lowest BCUT2D eigenvalue weighted by atomic mass is 9.93. The van der Waals surface area contributed by atoms with E-state index in [-0.39, 0.29) is 18.4 Å². The van der Waals surface area contributed by atoms with Crippen LogP contribution in [0.15, 0.2) is 83.3 Å². The minimum Gasteiger partial charge on any atom is -0.496 e. The molecule has 0 bridgehead atoms. The first-order valence-corrected chi connectivity index (χ1v) is 12.2. The van der Waals surface area contributed by atoms with Gasteiger partial charge in [-0.05, 0) is 42.8 Å². The zero-order valence-electron chi connectivity index (χ0n) is 19.6. The van der Waals surface area contributed by atoms with Gasteiger partial charge in [0.15, 0.2) is 0 Å². The molecule has 178 valence electrons. The highest BCUT2D eigenvalue weighted by Gasteiger charge is 2.47. The predicted molar refractivity (Wildman–Crippen MR) is 139 cm³/mol. The number of nitrogens with zero attached hydrogens (tertiary/aromatic N) is 2. The molecule has 6 nitrogen and oxygen atoms in total. The van der Waals surface area contributed by atoms with Gasteiger partial charge in [0, 0.05) is 27.5 Å². The SMILES string of the molecule is COc1ccc(Br)cc1CN1C(=O)c2cc3ccccc3n2C[C@@]1(C)C(=O)NCc1ccccc1. The van der Waals surface area contributed by atoms with E-state index < -0.39 is 5.54 Å². The van der Waals surface area contributed by atoms with Crippen molar-refractivity contribution in [1.29, 1.82) is 0 Å². The molecule has 1 aliphatic rings. The highest BCUT2D eigenvalue weighted by atomic mass is 79.9. The van der Waals surface area contributed by atoms with Crippen molar-refractivity contribution in [3.8, 4) is 5.75 Å². The third kappa shape index (κ3) is 4.21. The Kier molecular flexibility index (Phi) is 6.11. The maximum absolute atomic E-state index is 13.9. The number of fused-ring (bicyclic) bond motifs is 3. The maximum Gasteiger partial charge on any atom is 0.271 e. The lowest BCUT2D eigenvalue weighted by Crippen LogP contribution is -2.63. The van der Waals surface area contributed by atoms with E-state index in [2.05, 4.69) is 21.2 Å². The zero-order chi connectivity index (χ0) is 24.6. The number of ether oxygens (including phenoxy) is 1. The van der Waals surface area contributed by atoms with Crippen LogP contribution in [0.1, 0.15) is 28.5 Å². The van der Waals surface area contributed by atoms with Gasteiger partial charge in [0.25, 0.3) is 5.91 Å². The van der Waals surface area contributed by atoms with Crippen LogP contribution in [0.25, 0.3) is 10.9 Å². The Labute approximate surface area is 212 Å². The van der Waals surface area contributed by atoms with Gasteiger partial charge in [-0.2, -0.15) is 0 Å². The molecular weight excluding hydrogens is 506 g/mol. The van der Waals surface area contributed by atoms with Crippen LogP contribution in [0.3, 0.4) is 0 Å². The summed E-state index contributed by atoms with van der Waals surface area (Å²) in [6.07, 6.45) is 0. The predicted octanol–water partition coefficient (Wildman–Crippen LogP) is 5.14. The first-order valence-electron chi connectivity index (χ1n) is 11.5. The van der Waals surface area contributed by atoms with Gasteiger partial charge in [-0.3, -0.25) is 9.59 Å². The molecular formula is C28H26BrN3O3. The van der Waals surface area contributed by atoms with Crippen LogP contribution in [-0.4, -0.2) is 33.9 Å². The van der Waals surface area contributed by atoms with Crippen LogP contribution < -0.4 is 10.1 Å². The van der Waals surface area contributed by atoms with E-state index in [0.717, 1.165) is 26.5 Å². The van der Waals surface area contributed by atoms with Crippen molar-refractivity contribution in [2.75, 3.05) is 7.11 Å². The molecule has 0 radical (unpaired) electrons. The normalized spacial score (nSPS) is 17.3. The average Bonchev–Trinajstić information content (AvgIpc) is 3.24. The number of methoxy groups -OCH3 is 1. The summed E-state index contributed by atoms with van der Waals surface area (Å²) in [7, 11) is 1.61. The van der Waals surface area contributed by atoms with E-state index in [1.807, 2.05) is 90.4 Å². The zero-order valence-corrected chi connectivity index (χ0v) is 21.2. The van der Waals surface area contributed by atoms with Crippen molar-refractivity contribution in [3.05, 3.63) is 100 Å². The van der Waals surface area contributed by atoms with Gasteiger partial charge in [-0.15, -0.1) is 0 Å². The third-order valence-electron chi connectivity index (χ3n) is 6.69. The Morgan fingerprint density at radius 2 is 1.80 bits per heavy atom. The van der Waals surface area contributed by atoms with Gasteiger partial charge in [0.05, 0.1) is 20.2 Å². The number of hydrogen-bond acceptors (Lipinski definition) is 3. The molecule has 1 atom stereocenters. The summed E-state index contributed by atoms with van der Waals surface area (Å²) in [5, 5.41) is 4.05. The van der Waals surface area contributed by atoms with Gasteiger partial charge in [-0.1, -0.05) is 64.5 Å². The first-order chi connectivity index (χ1) is 16.9. The fourth-order valence-corrected chi connectivity index (χ4v) is 5.17. The van der Waals surface area contributed by atoms with Crippen molar-refractivity contribution in [3.63, 3.8) is 0 Å². The molecule has 0 saturated heterocycles. The second kappa shape index (κ2) is 9.23. The van der Waals surface area contributed by atoms with Crippen LogP contribution in [0.5, 0.6) is 5.75 Å². The minimum atomic E-state index is -1.12. The Morgan fingerprint density at radius 1 is 1.06 bits per heavy atom. The van der Waals surface area contributed by atoms with Crippen LogP contribution in [0.4, 0.5) is 0 Å². The van der Waals surface area contributed by atoms with Gasteiger partial charge in [0.1, 0.15) is 17.0 Å². The van der Waals surface area contributed by atoms with E-state index >= 15 is 0 Å². The molecule has 0 saturated carbocycles. The number of hydrogen-bond donors (Lipinski definition) is 1. The summed E-state index contributed by atoms with van der Waals surface area (Å²) < 4.78 is 8.41. The smallest absolute Gasteiger partial charge is 0.271 e. The van der Waals surface area contributed by atoms with E-state index in [4.69, 9.17) is 4.74 Å². The number of para-hydroxylation sites is 1. The molecule has 5 rings (SSSR count). The quantitative estimate of drug-likeness (QED) is 0.374. The molecule has 3 aromatic carbocycles. The highest BCUT2D eigenvalue weighted by molar-refractivity contribution is 9.10. The Hall–Kier alpha value is -3.58. The molecule has 1 N–H and O–H groups in total. The van der Waals surface area contributed by atoms with Crippen LogP contribution >= 0.6 is 15.9 Å². The van der Waals surface area contributed by atoms with E-state index in [0.29, 0.717) is 24.5 Å². The van der Waals surface area contributed by atoms with Crippen molar-refractivity contribution >= 4 is 38.6 Å². The Bertz CT molecular complexity index is 1420. The van der Waals surface area contributed by atoms with Crippen molar-refractivity contribution in [2.24, 2.45) is 0 Å². The van der Waals surface area contributed by atoms with Crippen LogP contribution in [0, 0.1) is 0 Å². The number of carbonyl (C=O) groups excluding carboxylic acids is 2. The van der Waals surface area contributed by atoms with E-state index in [9.17, 15) is 9.59 Å². The fourth-order valence-electron chi connectivity index (χ4n) is 4.76. The van der Waals surface area contributed by atoms with E-state index in [1.165, 1.54) is 0 Å². The highest BCUT2D eigenvalue weighted by Crippen LogP contribution is 2.35. The fraction of sp³-hybridized carbons (Fsp3) is 0.214. The molecule has 0 unspecified atom stereocenters. The lowest BCUT2D eigenvalue weighted by molar-refractivity contribution is -0.133. The lowest BCUT2D eigenvalue weighted by Gasteiger charge is -2.44. The molecule has 7 heteroatoms. The molecule has 2 heterocycles. The van der Waals surface area contributed by atoms with Crippen molar-refractivity contribution in [2.45, 2.75) is 32.1 Å². The summed E-state index contributed by atoms with van der Waals surface area (Å²) in [5.41, 5.74) is 2.22. The number of amides is 2. The number of carbonyl (C=O) groups is 2. The summed E-state index contributed by atoms with van der Waals surface area (Å²) in [6.45, 7) is 2.81. The topological polar surface area (TPSA) is 63.6 Å². The molecule has 1 aliphatic heterocycles. The number of halogens is 1. The summed E-state index contributed by atoms with van der Waals surface area (Å²) >= 11 is 3.52. The van der Waals surface area contributed by atoms with Crippen LogP contribution in [0.2, 0.25) is 0 Å². The van der Waals surface area contributed by atoms with Gasteiger partial charge in [0.2, 0.25) is 5.91 Å². The average molecular weight is 532 g/mol. The summed E-state index contributed by atoms with van der Waals surface area (Å²) in [4.78, 5) is 29.4. The number of rotatable bonds is 6. The van der Waals surface area contributed by atoms with E-state index in [1.54, 1.807) is 12.0 Å². The van der Waals surface area contributed by atoms with Crippen molar-refractivity contribution in [1.82, 2.24) is 14.8 Å². The van der Waals surface area contributed by atoms with Gasteiger partial charge >= 0.3 is 0 Å². The first kappa shape index (κ1) is 23.2. The number of nitrogens with one attached hydrogen (secondary N) is 1. The molecule has 0 fully saturated rings. The van der Waals surface area contributed by atoms with Crippen LogP contribution in [-0.2, 0) is 24.4 Å². The molecule has 35 heavy (non-hydrogen) atoms. The Balaban J connectivity index is 1.56. The summed E-state index contributed by atoms with van der Waals surface area (Å²) in [6, 6.07) is 25.2. The Morgan fingerprint density at radius 3 is 2.57 bits per heavy atom. The number of aromatic nitrogens is 1. The molecule has 0 aliphatic carbocycles. The second-order valence-electron chi connectivity index (χ2n) is 8.96. The maximum atomic E-state index is 13.9. The standard InChI is InChI=1S/C28H26BrN3O3/c1-28(27(34)30-16-19-8-4-3-5-9-19)18-31-23-11-7-6-10-20(23)15-24(31)26(33)32(28)17-21-14-22(29)12-13-25(21)35-2/h3-15H,16-18H2,1-2H3,(H,30,34)/t28-/m0/s1. The monoisotopic (exact) mass is 531 g/mol. The second-order valence-corrected chi connectivity index (χ2v) is 9.88. The largest absolute Gasteiger partial charge is 0.496 e. The molecule has 0 spiro atoms. The van der Waals surface area contributed by atoms with Gasteiger partial charge < -0.3 is 19.5 Å². The third-order valence-corrected chi connectivity index (χ3v) is 7.19. The molecule has 4 aromatic rings.